The fraction of sp³-hybridized carbons (Fsp3) is 0.875. The van der Waals surface area contributed by atoms with Gasteiger partial charge in [0.05, 0.1) is 0 Å². The van der Waals surface area contributed by atoms with Crippen LogP contribution in [0.3, 0.4) is 0 Å². The van der Waals surface area contributed by atoms with Gasteiger partial charge in [0.15, 0.2) is 0 Å². The van der Waals surface area contributed by atoms with Crippen molar-refractivity contribution in [1.82, 2.24) is 0 Å². The Morgan fingerprint density at radius 3 is 2.33 bits per heavy atom. The minimum absolute atomic E-state index is 0.153. The summed E-state index contributed by atoms with van der Waals surface area (Å²) in [6.07, 6.45) is 4.63. The molecule has 2 aliphatic carbocycles. The number of ketones is 1. The number of Topliss-reactive ketones (excluding diaryl/α,β-unsaturated/α-hetero) is 1. The first-order valence-corrected chi connectivity index (χ1v) is 3.77. The molecule has 1 atom stereocenters. The van der Waals surface area contributed by atoms with Gasteiger partial charge in [0.1, 0.15) is 5.78 Å². The van der Waals surface area contributed by atoms with Gasteiger partial charge in [-0.1, -0.05) is 6.92 Å². The minimum atomic E-state index is 0.153. The van der Waals surface area contributed by atoms with Gasteiger partial charge in [0, 0.05) is 11.8 Å². The molecule has 0 heterocycles. The van der Waals surface area contributed by atoms with Gasteiger partial charge in [-0.05, 0) is 25.2 Å². The molecule has 0 aromatic carbocycles. The quantitative estimate of drug-likeness (QED) is 0.520. The monoisotopic (exact) mass is 124 g/mol. The Kier molecular flexibility index (Phi) is 0.842. The van der Waals surface area contributed by atoms with E-state index in [1.54, 1.807) is 0 Å². The van der Waals surface area contributed by atoms with Crippen LogP contribution in [0.15, 0.2) is 0 Å². The predicted molar refractivity (Wildman–Crippen MR) is 35.1 cm³/mol. The van der Waals surface area contributed by atoms with E-state index in [4.69, 9.17) is 0 Å². The Labute approximate surface area is 55.4 Å². The van der Waals surface area contributed by atoms with Gasteiger partial charge in [-0.15, -0.1) is 0 Å². The number of hydrogen-bond acceptors (Lipinski definition) is 1. The molecule has 0 spiro atoms. The maximum Gasteiger partial charge on any atom is 0.139 e. The summed E-state index contributed by atoms with van der Waals surface area (Å²) in [4.78, 5) is 11.0. The molecule has 1 nitrogen and oxygen atoms in total. The highest BCUT2D eigenvalue weighted by Crippen LogP contribution is 2.54. The Morgan fingerprint density at radius 1 is 1.56 bits per heavy atom. The Balaban J connectivity index is 2.13. The van der Waals surface area contributed by atoms with Gasteiger partial charge in [-0.25, -0.2) is 0 Å². The number of carbonyl (C=O) groups excluding carboxylic acids is 1. The van der Waals surface area contributed by atoms with E-state index in [2.05, 4.69) is 6.92 Å². The van der Waals surface area contributed by atoms with Crippen molar-refractivity contribution in [3.8, 4) is 0 Å². The molecule has 50 valence electrons. The zero-order valence-electron chi connectivity index (χ0n) is 5.81. The van der Waals surface area contributed by atoms with Crippen LogP contribution in [-0.4, -0.2) is 5.78 Å². The second-order valence-electron chi connectivity index (χ2n) is 3.61. The number of carbonyl (C=O) groups is 1. The molecule has 0 saturated heterocycles. The molecule has 0 bridgehead atoms. The molecule has 0 aromatic rings. The number of hydrogen-bond donors (Lipinski definition) is 0. The van der Waals surface area contributed by atoms with Crippen LogP contribution in [0.2, 0.25) is 0 Å². The lowest BCUT2D eigenvalue weighted by Gasteiger charge is -2.36. The normalized spacial score (nSPS) is 42.6. The SMILES string of the molecule is CC1(C2CC2)CCC1=O. The molecular weight excluding hydrogens is 112 g/mol. The van der Waals surface area contributed by atoms with Crippen LogP contribution >= 0.6 is 0 Å². The van der Waals surface area contributed by atoms with Crippen molar-refractivity contribution < 1.29 is 4.79 Å². The van der Waals surface area contributed by atoms with Crippen molar-refractivity contribution >= 4 is 5.78 Å². The van der Waals surface area contributed by atoms with Crippen LogP contribution < -0.4 is 0 Å². The molecule has 0 aromatic heterocycles. The highest BCUT2D eigenvalue weighted by Gasteiger charge is 2.51. The molecule has 0 aliphatic heterocycles. The molecule has 2 rings (SSSR count). The summed E-state index contributed by atoms with van der Waals surface area (Å²) in [7, 11) is 0. The standard InChI is InChI=1S/C8H12O/c1-8(6-2-3-6)5-4-7(8)9/h6H,2-5H2,1H3. The Hall–Kier alpha value is -0.330. The second-order valence-corrected chi connectivity index (χ2v) is 3.61. The second kappa shape index (κ2) is 1.39. The van der Waals surface area contributed by atoms with E-state index in [1.165, 1.54) is 12.8 Å². The van der Waals surface area contributed by atoms with Crippen LogP contribution in [0, 0.1) is 11.3 Å². The van der Waals surface area contributed by atoms with Gasteiger partial charge in [0.25, 0.3) is 0 Å². The third kappa shape index (κ3) is 0.577. The van der Waals surface area contributed by atoms with Crippen LogP contribution in [0.5, 0.6) is 0 Å². The summed E-state index contributed by atoms with van der Waals surface area (Å²) in [5, 5.41) is 0. The first kappa shape index (κ1) is 5.45. The third-order valence-electron chi connectivity index (χ3n) is 2.99. The fourth-order valence-corrected chi connectivity index (χ4v) is 1.77. The molecule has 2 aliphatic rings. The molecule has 0 N–H and O–H groups in total. The van der Waals surface area contributed by atoms with E-state index in [0.717, 1.165) is 18.8 Å². The van der Waals surface area contributed by atoms with E-state index >= 15 is 0 Å². The third-order valence-corrected chi connectivity index (χ3v) is 2.99. The number of rotatable bonds is 1. The molecular formula is C8H12O. The summed E-state index contributed by atoms with van der Waals surface area (Å²) < 4.78 is 0. The highest BCUT2D eigenvalue weighted by molar-refractivity contribution is 5.90. The summed E-state index contributed by atoms with van der Waals surface area (Å²) in [5.41, 5.74) is 0.153. The van der Waals surface area contributed by atoms with E-state index < -0.39 is 0 Å². The average Bonchev–Trinajstić information content (AvgIpc) is 2.64. The maximum atomic E-state index is 11.0. The summed E-state index contributed by atoms with van der Waals surface area (Å²) in [6, 6.07) is 0. The van der Waals surface area contributed by atoms with Crippen LogP contribution in [0.1, 0.15) is 32.6 Å². The average molecular weight is 124 g/mol. The summed E-state index contributed by atoms with van der Waals surface area (Å²) >= 11 is 0. The molecule has 2 saturated carbocycles. The lowest BCUT2D eigenvalue weighted by Crippen LogP contribution is -2.39. The van der Waals surface area contributed by atoms with Gasteiger partial charge < -0.3 is 0 Å². The van der Waals surface area contributed by atoms with Crippen molar-refractivity contribution in [3.63, 3.8) is 0 Å². The summed E-state index contributed by atoms with van der Waals surface area (Å²) in [6.45, 7) is 2.14. The van der Waals surface area contributed by atoms with E-state index in [1.807, 2.05) is 0 Å². The summed E-state index contributed by atoms with van der Waals surface area (Å²) in [5.74, 6) is 1.30. The van der Waals surface area contributed by atoms with Crippen molar-refractivity contribution in [1.29, 1.82) is 0 Å². The molecule has 9 heavy (non-hydrogen) atoms. The molecule has 0 radical (unpaired) electrons. The van der Waals surface area contributed by atoms with Gasteiger partial charge in [-0.2, -0.15) is 0 Å². The van der Waals surface area contributed by atoms with Crippen molar-refractivity contribution in [2.24, 2.45) is 11.3 Å². The molecule has 1 unspecified atom stereocenters. The molecule has 1 heteroatoms. The Bertz CT molecular complexity index is 158. The van der Waals surface area contributed by atoms with E-state index in [0.29, 0.717) is 5.78 Å². The molecule has 2 fully saturated rings. The Morgan fingerprint density at radius 2 is 2.22 bits per heavy atom. The van der Waals surface area contributed by atoms with Crippen molar-refractivity contribution in [2.45, 2.75) is 32.6 Å². The maximum absolute atomic E-state index is 11.0. The minimum Gasteiger partial charge on any atom is -0.299 e. The van der Waals surface area contributed by atoms with Crippen LogP contribution in [0.25, 0.3) is 0 Å². The smallest absolute Gasteiger partial charge is 0.139 e. The van der Waals surface area contributed by atoms with Gasteiger partial charge in [-0.3, -0.25) is 4.79 Å². The first-order valence-electron chi connectivity index (χ1n) is 3.77. The largest absolute Gasteiger partial charge is 0.299 e. The zero-order chi connectivity index (χ0) is 6.48. The van der Waals surface area contributed by atoms with Crippen LogP contribution in [0.4, 0.5) is 0 Å². The highest BCUT2D eigenvalue weighted by atomic mass is 16.1. The predicted octanol–water partition coefficient (Wildman–Crippen LogP) is 1.77. The van der Waals surface area contributed by atoms with Gasteiger partial charge >= 0.3 is 0 Å². The lowest BCUT2D eigenvalue weighted by atomic mass is 9.66. The fourth-order valence-electron chi connectivity index (χ4n) is 1.77. The van der Waals surface area contributed by atoms with Crippen molar-refractivity contribution in [3.05, 3.63) is 0 Å². The van der Waals surface area contributed by atoms with Crippen LogP contribution in [-0.2, 0) is 4.79 Å². The van der Waals surface area contributed by atoms with E-state index in [9.17, 15) is 4.79 Å². The topological polar surface area (TPSA) is 17.1 Å². The zero-order valence-corrected chi connectivity index (χ0v) is 5.81. The van der Waals surface area contributed by atoms with Gasteiger partial charge in [0.2, 0.25) is 0 Å². The first-order chi connectivity index (χ1) is 4.23. The molecule has 0 amide bonds. The van der Waals surface area contributed by atoms with Crippen molar-refractivity contribution in [2.75, 3.05) is 0 Å². The van der Waals surface area contributed by atoms with E-state index in [-0.39, 0.29) is 5.41 Å². The lowest BCUT2D eigenvalue weighted by molar-refractivity contribution is -0.138.